The first-order valence-electron chi connectivity index (χ1n) is 5.20. The molecule has 0 rings (SSSR count). The molecule has 0 spiro atoms. The van der Waals surface area contributed by atoms with Gasteiger partial charge in [0.05, 0.1) is 12.5 Å². The fourth-order valence-corrected chi connectivity index (χ4v) is 1.66. The summed E-state index contributed by atoms with van der Waals surface area (Å²) in [5.74, 6) is 0. The predicted molar refractivity (Wildman–Crippen MR) is 56.4 cm³/mol. The van der Waals surface area contributed by atoms with E-state index in [1.807, 2.05) is 0 Å². The van der Waals surface area contributed by atoms with Gasteiger partial charge in [-0.15, -0.1) is 0 Å². The largest absolute Gasteiger partial charge is 0.308 e. The Morgan fingerprint density at radius 1 is 1.38 bits per heavy atom. The number of rotatable bonds is 6. The van der Waals surface area contributed by atoms with Crippen LogP contribution in [0.3, 0.4) is 0 Å². The molecule has 0 aromatic carbocycles. The van der Waals surface area contributed by atoms with E-state index in [4.69, 9.17) is 5.26 Å². The molecule has 0 heterocycles. The highest BCUT2D eigenvalue weighted by Gasteiger charge is 2.19. The SMILES string of the molecule is CCCC(C)(C)NC(CC)CC#N. The second-order valence-electron chi connectivity index (χ2n) is 4.25. The number of nitriles is 1. The first kappa shape index (κ1) is 12.4. The van der Waals surface area contributed by atoms with Crippen molar-refractivity contribution >= 4 is 0 Å². The number of hydrogen-bond acceptors (Lipinski definition) is 2. The lowest BCUT2D eigenvalue weighted by Gasteiger charge is -2.30. The van der Waals surface area contributed by atoms with Gasteiger partial charge in [0.15, 0.2) is 0 Å². The Labute approximate surface area is 82.3 Å². The van der Waals surface area contributed by atoms with E-state index in [1.54, 1.807) is 0 Å². The van der Waals surface area contributed by atoms with Crippen LogP contribution in [-0.4, -0.2) is 11.6 Å². The van der Waals surface area contributed by atoms with Gasteiger partial charge in [-0.3, -0.25) is 0 Å². The maximum atomic E-state index is 8.60. The molecule has 0 fully saturated rings. The lowest BCUT2D eigenvalue weighted by molar-refractivity contribution is 0.307. The summed E-state index contributed by atoms with van der Waals surface area (Å²) in [6.07, 6.45) is 3.99. The van der Waals surface area contributed by atoms with E-state index in [0.717, 1.165) is 12.8 Å². The molecule has 0 radical (unpaired) electrons. The van der Waals surface area contributed by atoms with Gasteiger partial charge in [0.2, 0.25) is 0 Å². The third kappa shape index (κ3) is 5.65. The maximum absolute atomic E-state index is 8.60. The van der Waals surface area contributed by atoms with E-state index in [2.05, 4.69) is 39.1 Å². The summed E-state index contributed by atoms with van der Waals surface area (Å²) < 4.78 is 0. The van der Waals surface area contributed by atoms with E-state index >= 15 is 0 Å². The van der Waals surface area contributed by atoms with Gasteiger partial charge in [-0.25, -0.2) is 0 Å². The summed E-state index contributed by atoms with van der Waals surface area (Å²) in [5.41, 5.74) is 0.173. The molecule has 2 nitrogen and oxygen atoms in total. The van der Waals surface area contributed by atoms with Gasteiger partial charge in [0.25, 0.3) is 0 Å². The normalized spacial score (nSPS) is 13.8. The molecule has 0 aromatic heterocycles. The average molecular weight is 182 g/mol. The molecule has 0 aliphatic carbocycles. The van der Waals surface area contributed by atoms with Crippen molar-refractivity contribution < 1.29 is 0 Å². The molecular formula is C11H22N2. The maximum Gasteiger partial charge on any atom is 0.0638 e. The second kappa shape index (κ2) is 5.99. The third-order valence-electron chi connectivity index (χ3n) is 2.30. The van der Waals surface area contributed by atoms with Gasteiger partial charge in [-0.05, 0) is 26.7 Å². The van der Waals surface area contributed by atoms with Crippen molar-refractivity contribution in [2.24, 2.45) is 0 Å². The first-order chi connectivity index (χ1) is 6.05. The Balaban J connectivity index is 3.98. The van der Waals surface area contributed by atoms with Gasteiger partial charge in [-0.1, -0.05) is 20.3 Å². The summed E-state index contributed by atoms with van der Waals surface area (Å²) in [6, 6.07) is 2.57. The van der Waals surface area contributed by atoms with Crippen molar-refractivity contribution in [3.8, 4) is 6.07 Å². The molecule has 2 heteroatoms. The molecule has 0 amide bonds. The van der Waals surface area contributed by atoms with Gasteiger partial charge in [-0.2, -0.15) is 5.26 Å². The van der Waals surface area contributed by atoms with Gasteiger partial charge >= 0.3 is 0 Å². The molecule has 0 aliphatic rings. The summed E-state index contributed by atoms with van der Waals surface area (Å²) in [6.45, 7) is 8.72. The molecule has 0 aromatic rings. The van der Waals surface area contributed by atoms with Crippen LogP contribution in [0, 0.1) is 11.3 Å². The minimum absolute atomic E-state index is 0.173. The predicted octanol–water partition coefficient (Wildman–Crippen LogP) is 2.85. The van der Waals surface area contributed by atoms with Crippen molar-refractivity contribution in [2.45, 2.75) is 65.0 Å². The number of nitrogens with one attached hydrogen (secondary N) is 1. The van der Waals surface area contributed by atoms with E-state index in [0.29, 0.717) is 12.5 Å². The second-order valence-corrected chi connectivity index (χ2v) is 4.25. The Hall–Kier alpha value is -0.550. The van der Waals surface area contributed by atoms with E-state index in [1.165, 1.54) is 6.42 Å². The number of hydrogen-bond donors (Lipinski definition) is 1. The van der Waals surface area contributed by atoms with Crippen LogP contribution in [0.1, 0.15) is 53.4 Å². The zero-order valence-corrected chi connectivity index (χ0v) is 9.35. The highest BCUT2D eigenvalue weighted by Crippen LogP contribution is 2.13. The molecule has 76 valence electrons. The van der Waals surface area contributed by atoms with Crippen LogP contribution in [-0.2, 0) is 0 Å². The summed E-state index contributed by atoms with van der Waals surface area (Å²) in [4.78, 5) is 0. The summed E-state index contributed by atoms with van der Waals surface area (Å²) in [7, 11) is 0. The van der Waals surface area contributed by atoms with Crippen LogP contribution in [0.4, 0.5) is 0 Å². The van der Waals surface area contributed by atoms with Crippen molar-refractivity contribution in [3.05, 3.63) is 0 Å². The average Bonchev–Trinajstić information content (AvgIpc) is 2.03. The van der Waals surface area contributed by atoms with E-state index in [-0.39, 0.29) is 5.54 Å². The first-order valence-corrected chi connectivity index (χ1v) is 5.20. The van der Waals surface area contributed by atoms with Crippen LogP contribution < -0.4 is 5.32 Å². The standard InChI is InChI=1S/C11H22N2/c1-5-8-11(3,4)13-10(6-2)7-9-12/h10,13H,5-8H2,1-4H3. The fraction of sp³-hybridized carbons (Fsp3) is 0.909. The van der Waals surface area contributed by atoms with Crippen LogP contribution in [0.15, 0.2) is 0 Å². The van der Waals surface area contributed by atoms with Gasteiger partial charge in [0.1, 0.15) is 0 Å². The Morgan fingerprint density at radius 2 is 2.00 bits per heavy atom. The van der Waals surface area contributed by atoms with Crippen LogP contribution in [0.2, 0.25) is 0 Å². The molecule has 1 unspecified atom stereocenters. The van der Waals surface area contributed by atoms with E-state index in [9.17, 15) is 0 Å². The fourth-order valence-electron chi connectivity index (χ4n) is 1.66. The molecule has 1 atom stereocenters. The van der Waals surface area contributed by atoms with Crippen molar-refractivity contribution in [1.82, 2.24) is 5.32 Å². The highest BCUT2D eigenvalue weighted by molar-refractivity contribution is 4.86. The Bertz CT molecular complexity index is 167. The minimum Gasteiger partial charge on any atom is -0.308 e. The van der Waals surface area contributed by atoms with Gasteiger partial charge in [0, 0.05) is 11.6 Å². The molecule has 0 saturated carbocycles. The zero-order chi connectivity index (χ0) is 10.3. The van der Waals surface area contributed by atoms with Crippen molar-refractivity contribution in [3.63, 3.8) is 0 Å². The van der Waals surface area contributed by atoms with Crippen LogP contribution >= 0.6 is 0 Å². The molecule has 13 heavy (non-hydrogen) atoms. The van der Waals surface area contributed by atoms with Crippen molar-refractivity contribution in [2.75, 3.05) is 0 Å². The van der Waals surface area contributed by atoms with Crippen LogP contribution in [0.5, 0.6) is 0 Å². The topological polar surface area (TPSA) is 35.8 Å². The van der Waals surface area contributed by atoms with Crippen LogP contribution in [0.25, 0.3) is 0 Å². The lowest BCUT2D eigenvalue weighted by atomic mass is 9.96. The van der Waals surface area contributed by atoms with Gasteiger partial charge < -0.3 is 5.32 Å². The highest BCUT2D eigenvalue weighted by atomic mass is 15.0. The molecule has 0 saturated heterocycles. The number of nitrogens with zero attached hydrogens (tertiary/aromatic N) is 1. The summed E-state index contributed by atoms with van der Waals surface area (Å²) >= 11 is 0. The molecule has 0 aliphatic heterocycles. The quantitative estimate of drug-likeness (QED) is 0.685. The Kier molecular flexibility index (Phi) is 5.73. The van der Waals surface area contributed by atoms with E-state index < -0.39 is 0 Å². The minimum atomic E-state index is 0.173. The third-order valence-corrected chi connectivity index (χ3v) is 2.30. The molecular weight excluding hydrogens is 160 g/mol. The lowest BCUT2D eigenvalue weighted by Crippen LogP contribution is -2.45. The summed E-state index contributed by atoms with van der Waals surface area (Å²) in [5, 5.41) is 12.1. The molecule has 1 N–H and O–H groups in total. The Morgan fingerprint density at radius 3 is 2.38 bits per heavy atom. The molecule has 0 bridgehead atoms. The van der Waals surface area contributed by atoms with Crippen molar-refractivity contribution in [1.29, 1.82) is 5.26 Å². The zero-order valence-electron chi connectivity index (χ0n) is 9.35. The smallest absolute Gasteiger partial charge is 0.0638 e. The monoisotopic (exact) mass is 182 g/mol.